The van der Waals surface area contributed by atoms with E-state index in [1.807, 2.05) is 24.3 Å². The molecule has 2 unspecified atom stereocenters. The molecule has 0 amide bonds. The summed E-state index contributed by atoms with van der Waals surface area (Å²) < 4.78 is 0. The van der Waals surface area contributed by atoms with Crippen LogP contribution in [0.2, 0.25) is 5.02 Å². The number of nitrogens with zero attached hydrogens (tertiary/aromatic N) is 2. The maximum absolute atomic E-state index is 9.66. The molecule has 1 aliphatic rings. The van der Waals surface area contributed by atoms with Crippen molar-refractivity contribution in [2.24, 2.45) is 0 Å². The highest BCUT2D eigenvalue weighted by Gasteiger charge is 2.28. The zero-order valence-corrected chi connectivity index (χ0v) is 11.8. The topological polar surface area (TPSA) is 26.7 Å². The molecule has 0 saturated carbocycles. The Balaban J connectivity index is 2.34. The zero-order chi connectivity index (χ0) is 13.1. The predicted molar refractivity (Wildman–Crippen MR) is 76.4 cm³/mol. The van der Waals surface area contributed by atoms with Crippen LogP contribution in [0.25, 0.3) is 0 Å². The van der Waals surface area contributed by atoms with E-state index in [4.69, 9.17) is 11.6 Å². The van der Waals surface area contributed by atoms with Crippen molar-refractivity contribution < 1.29 is 5.11 Å². The summed E-state index contributed by atoms with van der Waals surface area (Å²) in [5.74, 6) is 0. The molecule has 1 aromatic carbocycles. The summed E-state index contributed by atoms with van der Waals surface area (Å²) in [6, 6.07) is 8.37. The monoisotopic (exact) mass is 268 g/mol. The van der Waals surface area contributed by atoms with E-state index in [1.54, 1.807) is 0 Å². The molecule has 3 nitrogen and oxygen atoms in total. The SMILES string of the molecule is CC1CCN(C)CC(CO)N1c1ccccc1Cl. The van der Waals surface area contributed by atoms with Crippen LogP contribution in [0.4, 0.5) is 5.69 Å². The Labute approximate surface area is 114 Å². The highest BCUT2D eigenvalue weighted by atomic mass is 35.5. The van der Waals surface area contributed by atoms with Crippen LogP contribution in [0.15, 0.2) is 24.3 Å². The van der Waals surface area contributed by atoms with Gasteiger partial charge in [-0.25, -0.2) is 0 Å². The van der Waals surface area contributed by atoms with Crippen molar-refractivity contribution >= 4 is 17.3 Å². The molecule has 1 aliphatic heterocycles. The van der Waals surface area contributed by atoms with E-state index < -0.39 is 0 Å². The van der Waals surface area contributed by atoms with E-state index in [0.29, 0.717) is 6.04 Å². The van der Waals surface area contributed by atoms with Gasteiger partial charge < -0.3 is 14.9 Å². The second-order valence-electron chi connectivity index (χ2n) is 5.10. The molecule has 18 heavy (non-hydrogen) atoms. The molecule has 2 atom stereocenters. The number of hydrogen-bond acceptors (Lipinski definition) is 3. The molecule has 0 spiro atoms. The second-order valence-corrected chi connectivity index (χ2v) is 5.50. The van der Waals surface area contributed by atoms with Gasteiger partial charge in [0.15, 0.2) is 0 Å². The number of aliphatic hydroxyl groups is 1. The van der Waals surface area contributed by atoms with E-state index in [0.717, 1.165) is 30.2 Å². The summed E-state index contributed by atoms with van der Waals surface area (Å²) in [4.78, 5) is 4.54. The minimum atomic E-state index is 0.104. The average Bonchev–Trinajstić information content (AvgIpc) is 2.50. The molecule has 0 bridgehead atoms. The van der Waals surface area contributed by atoms with Gasteiger partial charge in [-0.15, -0.1) is 0 Å². The summed E-state index contributed by atoms with van der Waals surface area (Å²) in [7, 11) is 2.10. The van der Waals surface area contributed by atoms with E-state index in [-0.39, 0.29) is 12.6 Å². The molecule has 0 aromatic heterocycles. The van der Waals surface area contributed by atoms with Gasteiger partial charge in [-0.3, -0.25) is 0 Å². The first-order valence-electron chi connectivity index (χ1n) is 6.45. The molecule has 100 valence electrons. The van der Waals surface area contributed by atoms with Crippen LogP contribution in [0.5, 0.6) is 0 Å². The first-order valence-corrected chi connectivity index (χ1v) is 6.83. The van der Waals surface area contributed by atoms with Crippen LogP contribution in [0.1, 0.15) is 13.3 Å². The van der Waals surface area contributed by atoms with Crippen molar-refractivity contribution in [1.82, 2.24) is 4.90 Å². The number of hydrogen-bond donors (Lipinski definition) is 1. The standard InChI is InChI=1S/C14H21ClN2O/c1-11-7-8-16(2)9-12(10-18)17(11)14-6-4-3-5-13(14)15/h3-6,11-12,18H,7-10H2,1-2H3. The largest absolute Gasteiger partial charge is 0.394 e. The van der Waals surface area contributed by atoms with Crippen molar-refractivity contribution in [2.75, 3.05) is 31.6 Å². The number of aliphatic hydroxyl groups excluding tert-OH is 1. The third-order valence-electron chi connectivity index (χ3n) is 3.66. The van der Waals surface area contributed by atoms with Gasteiger partial charge in [0.1, 0.15) is 0 Å². The Morgan fingerprint density at radius 1 is 1.39 bits per heavy atom. The number of likely N-dealkylation sites (N-methyl/N-ethyl adjacent to an activating group) is 1. The van der Waals surface area contributed by atoms with E-state index in [2.05, 4.69) is 23.8 Å². The van der Waals surface area contributed by atoms with Gasteiger partial charge in [0, 0.05) is 12.6 Å². The molecule has 1 N–H and O–H groups in total. The molecular weight excluding hydrogens is 248 g/mol. The summed E-state index contributed by atoms with van der Waals surface area (Å²) >= 11 is 6.30. The van der Waals surface area contributed by atoms with Crippen molar-refractivity contribution in [3.05, 3.63) is 29.3 Å². The maximum atomic E-state index is 9.66. The van der Waals surface area contributed by atoms with E-state index in [1.165, 1.54) is 0 Å². The van der Waals surface area contributed by atoms with Gasteiger partial charge >= 0.3 is 0 Å². The van der Waals surface area contributed by atoms with Gasteiger partial charge in [0.2, 0.25) is 0 Å². The minimum Gasteiger partial charge on any atom is -0.394 e. The van der Waals surface area contributed by atoms with E-state index >= 15 is 0 Å². The molecule has 0 radical (unpaired) electrons. The van der Waals surface area contributed by atoms with Crippen molar-refractivity contribution in [3.63, 3.8) is 0 Å². The highest BCUT2D eigenvalue weighted by Crippen LogP contribution is 2.30. The number of para-hydroxylation sites is 1. The second kappa shape index (κ2) is 5.91. The molecule has 0 aliphatic carbocycles. The Hall–Kier alpha value is -0.770. The first kappa shape index (κ1) is 13.7. The number of anilines is 1. The predicted octanol–water partition coefficient (Wildman–Crippen LogP) is 2.23. The fourth-order valence-electron chi connectivity index (χ4n) is 2.69. The number of halogens is 1. The molecular formula is C14H21ClN2O. The summed E-state index contributed by atoms with van der Waals surface area (Å²) in [6.07, 6.45) is 1.08. The minimum absolute atomic E-state index is 0.104. The van der Waals surface area contributed by atoms with Crippen LogP contribution < -0.4 is 4.90 Å². The van der Waals surface area contributed by atoms with Crippen LogP contribution in [-0.4, -0.2) is 48.8 Å². The molecule has 1 fully saturated rings. The van der Waals surface area contributed by atoms with Crippen molar-refractivity contribution in [3.8, 4) is 0 Å². The summed E-state index contributed by atoms with van der Waals surface area (Å²) in [5, 5.41) is 10.4. The molecule has 1 saturated heterocycles. The lowest BCUT2D eigenvalue weighted by Crippen LogP contribution is -2.46. The zero-order valence-electron chi connectivity index (χ0n) is 11.0. The molecule has 1 aromatic rings. The van der Waals surface area contributed by atoms with Gasteiger partial charge in [0.25, 0.3) is 0 Å². The van der Waals surface area contributed by atoms with Crippen LogP contribution in [0.3, 0.4) is 0 Å². The molecule has 2 rings (SSSR count). The van der Waals surface area contributed by atoms with Crippen LogP contribution >= 0.6 is 11.6 Å². The molecule has 4 heteroatoms. The lowest BCUT2D eigenvalue weighted by Gasteiger charge is -2.36. The first-order chi connectivity index (χ1) is 8.63. The third kappa shape index (κ3) is 2.79. The van der Waals surface area contributed by atoms with Crippen LogP contribution in [-0.2, 0) is 0 Å². The average molecular weight is 269 g/mol. The van der Waals surface area contributed by atoms with Crippen LogP contribution in [0, 0.1) is 0 Å². The highest BCUT2D eigenvalue weighted by molar-refractivity contribution is 6.33. The van der Waals surface area contributed by atoms with Crippen molar-refractivity contribution in [1.29, 1.82) is 0 Å². The van der Waals surface area contributed by atoms with Gasteiger partial charge in [-0.2, -0.15) is 0 Å². The third-order valence-corrected chi connectivity index (χ3v) is 3.98. The van der Waals surface area contributed by atoms with E-state index in [9.17, 15) is 5.11 Å². The Morgan fingerprint density at radius 3 is 2.78 bits per heavy atom. The normalized spacial score (nSPS) is 26.1. The quantitative estimate of drug-likeness (QED) is 0.891. The Morgan fingerprint density at radius 2 is 2.11 bits per heavy atom. The lowest BCUT2D eigenvalue weighted by atomic mass is 10.1. The fourth-order valence-corrected chi connectivity index (χ4v) is 2.92. The van der Waals surface area contributed by atoms with Crippen molar-refractivity contribution in [2.45, 2.75) is 25.4 Å². The Bertz CT molecular complexity index is 399. The van der Waals surface area contributed by atoms with Gasteiger partial charge in [-0.05, 0) is 39.1 Å². The van der Waals surface area contributed by atoms with Gasteiger partial charge in [0.05, 0.1) is 23.4 Å². The smallest absolute Gasteiger partial charge is 0.0651 e. The number of benzene rings is 1. The summed E-state index contributed by atoms with van der Waals surface area (Å²) in [5.41, 5.74) is 1.03. The summed E-state index contributed by atoms with van der Waals surface area (Å²) in [6.45, 7) is 4.27. The van der Waals surface area contributed by atoms with Gasteiger partial charge in [-0.1, -0.05) is 23.7 Å². The fraction of sp³-hybridized carbons (Fsp3) is 0.571. The number of rotatable bonds is 2. The Kier molecular flexibility index (Phi) is 4.49. The maximum Gasteiger partial charge on any atom is 0.0651 e. The lowest BCUT2D eigenvalue weighted by molar-refractivity contribution is 0.228. The molecule has 1 heterocycles.